The van der Waals surface area contributed by atoms with Crippen LogP contribution in [-0.4, -0.2) is 23.3 Å². The number of hydrogen-bond donors (Lipinski definition) is 2. The van der Waals surface area contributed by atoms with Gasteiger partial charge in [-0.1, -0.05) is 17.7 Å². The average molecular weight is 348 g/mol. The molecule has 0 fully saturated rings. The molecule has 2 amide bonds. The predicted octanol–water partition coefficient (Wildman–Crippen LogP) is 3.81. The summed E-state index contributed by atoms with van der Waals surface area (Å²) < 4.78 is 0. The Labute approximate surface area is 145 Å². The molecule has 0 bridgehead atoms. The van der Waals surface area contributed by atoms with Gasteiger partial charge in [0.1, 0.15) is 0 Å². The maximum absolute atomic E-state index is 12.1. The van der Waals surface area contributed by atoms with Gasteiger partial charge in [-0.3, -0.25) is 4.98 Å². The second kappa shape index (κ2) is 7.70. The summed E-state index contributed by atoms with van der Waals surface area (Å²) in [6.45, 7) is 0.585. The van der Waals surface area contributed by atoms with Crippen molar-refractivity contribution >= 4 is 29.4 Å². The van der Waals surface area contributed by atoms with E-state index in [-0.39, 0.29) is 12.1 Å². The van der Waals surface area contributed by atoms with Crippen LogP contribution in [0.2, 0.25) is 5.02 Å². The fourth-order valence-electron chi connectivity index (χ4n) is 2.59. The van der Waals surface area contributed by atoms with Gasteiger partial charge in [0.05, 0.1) is 6.04 Å². The molecule has 120 valence electrons. The maximum atomic E-state index is 12.1. The van der Waals surface area contributed by atoms with Crippen molar-refractivity contribution in [3.63, 3.8) is 0 Å². The van der Waals surface area contributed by atoms with Crippen LogP contribution in [0.1, 0.15) is 23.6 Å². The van der Waals surface area contributed by atoms with Crippen LogP contribution < -0.4 is 10.6 Å². The number of carbonyl (C=O) groups excluding carboxylic acids is 1. The van der Waals surface area contributed by atoms with Crippen molar-refractivity contribution in [3.8, 4) is 0 Å². The van der Waals surface area contributed by atoms with Gasteiger partial charge in [0.25, 0.3) is 0 Å². The fourth-order valence-corrected chi connectivity index (χ4v) is 3.88. The number of halogens is 1. The number of carbonyl (C=O) groups is 1. The molecule has 1 aliphatic heterocycles. The third kappa shape index (κ3) is 4.39. The maximum Gasteiger partial charge on any atom is 0.315 e. The molecular formula is C17H18ClN3OS. The number of nitrogens with zero attached hydrogens (tertiary/aromatic N) is 1. The second-order valence-electron chi connectivity index (χ2n) is 5.38. The molecule has 2 heterocycles. The predicted molar refractivity (Wildman–Crippen MR) is 94.0 cm³/mol. The molecule has 0 unspecified atom stereocenters. The van der Waals surface area contributed by atoms with Crippen molar-refractivity contribution in [2.75, 3.05) is 12.3 Å². The lowest BCUT2D eigenvalue weighted by atomic mass is 10.0. The van der Waals surface area contributed by atoms with Crippen molar-refractivity contribution in [3.05, 3.63) is 58.9 Å². The highest BCUT2D eigenvalue weighted by Gasteiger charge is 2.22. The summed E-state index contributed by atoms with van der Waals surface area (Å²) in [5, 5.41) is 6.66. The topological polar surface area (TPSA) is 54.0 Å². The summed E-state index contributed by atoms with van der Waals surface area (Å²) in [5.74, 6) is 0.995. The molecule has 1 aromatic heterocycles. The SMILES string of the molecule is O=C(NCCc1cccnc1)N[C@H]1CCSc2ccc(Cl)cc21. The Morgan fingerprint density at radius 3 is 3.13 bits per heavy atom. The number of aromatic nitrogens is 1. The van der Waals surface area contributed by atoms with Gasteiger partial charge in [-0.05, 0) is 48.2 Å². The number of rotatable bonds is 4. The van der Waals surface area contributed by atoms with Gasteiger partial charge in [0.2, 0.25) is 0 Å². The summed E-state index contributed by atoms with van der Waals surface area (Å²) in [7, 11) is 0. The number of pyridine rings is 1. The van der Waals surface area contributed by atoms with Crippen molar-refractivity contribution in [2.24, 2.45) is 0 Å². The molecule has 23 heavy (non-hydrogen) atoms. The molecule has 2 N–H and O–H groups in total. The number of nitrogens with one attached hydrogen (secondary N) is 2. The van der Waals surface area contributed by atoms with Crippen molar-refractivity contribution in [2.45, 2.75) is 23.8 Å². The summed E-state index contributed by atoms with van der Waals surface area (Å²) in [5.41, 5.74) is 2.22. The molecule has 3 rings (SSSR count). The van der Waals surface area contributed by atoms with Crippen molar-refractivity contribution in [1.29, 1.82) is 0 Å². The van der Waals surface area contributed by atoms with Crippen LogP contribution in [0.5, 0.6) is 0 Å². The van der Waals surface area contributed by atoms with Gasteiger partial charge in [-0.2, -0.15) is 0 Å². The Kier molecular flexibility index (Phi) is 5.41. The van der Waals surface area contributed by atoms with E-state index in [1.165, 1.54) is 4.90 Å². The van der Waals surface area contributed by atoms with Gasteiger partial charge in [-0.15, -0.1) is 11.8 Å². The Hall–Kier alpha value is -1.72. The molecule has 1 aromatic carbocycles. The minimum absolute atomic E-state index is 0.0170. The number of hydrogen-bond acceptors (Lipinski definition) is 3. The third-order valence-electron chi connectivity index (χ3n) is 3.74. The quantitative estimate of drug-likeness (QED) is 0.884. The first-order chi connectivity index (χ1) is 11.2. The molecule has 6 heteroatoms. The van der Waals surface area contributed by atoms with E-state index < -0.39 is 0 Å². The first-order valence-electron chi connectivity index (χ1n) is 7.58. The van der Waals surface area contributed by atoms with E-state index in [1.807, 2.05) is 36.5 Å². The monoisotopic (exact) mass is 347 g/mol. The highest BCUT2D eigenvalue weighted by molar-refractivity contribution is 7.99. The zero-order valence-corrected chi connectivity index (χ0v) is 14.2. The molecule has 1 aliphatic rings. The minimum atomic E-state index is -0.142. The van der Waals surface area contributed by atoms with E-state index in [1.54, 1.807) is 18.0 Å². The van der Waals surface area contributed by atoms with E-state index in [0.717, 1.165) is 29.7 Å². The van der Waals surface area contributed by atoms with Crippen LogP contribution in [0.25, 0.3) is 0 Å². The first-order valence-corrected chi connectivity index (χ1v) is 8.94. The van der Waals surface area contributed by atoms with Crippen LogP contribution in [0.4, 0.5) is 4.79 Å². The zero-order valence-electron chi connectivity index (χ0n) is 12.6. The van der Waals surface area contributed by atoms with E-state index in [4.69, 9.17) is 11.6 Å². The highest BCUT2D eigenvalue weighted by atomic mass is 35.5. The number of fused-ring (bicyclic) bond motifs is 1. The smallest absolute Gasteiger partial charge is 0.315 e. The molecule has 0 saturated carbocycles. The summed E-state index contributed by atoms with van der Waals surface area (Å²) in [6, 6.07) is 9.64. The minimum Gasteiger partial charge on any atom is -0.338 e. The normalized spacial score (nSPS) is 16.5. The van der Waals surface area contributed by atoms with E-state index >= 15 is 0 Å². The number of benzene rings is 1. The number of amides is 2. The summed E-state index contributed by atoms with van der Waals surface area (Å²) in [4.78, 5) is 17.4. The third-order valence-corrected chi connectivity index (χ3v) is 5.10. The zero-order chi connectivity index (χ0) is 16.1. The molecule has 0 aliphatic carbocycles. The molecular weight excluding hydrogens is 330 g/mol. The lowest BCUT2D eigenvalue weighted by molar-refractivity contribution is 0.236. The first kappa shape index (κ1) is 16.1. The van der Waals surface area contributed by atoms with Crippen molar-refractivity contribution in [1.82, 2.24) is 15.6 Å². The Morgan fingerprint density at radius 1 is 1.39 bits per heavy atom. The van der Waals surface area contributed by atoms with E-state index in [2.05, 4.69) is 15.6 Å². The van der Waals surface area contributed by atoms with E-state index in [0.29, 0.717) is 11.6 Å². The standard InChI is InChI=1S/C17H18ClN3OS/c18-13-3-4-16-14(10-13)15(6-9-23-16)21-17(22)20-8-5-12-2-1-7-19-11-12/h1-4,7,10-11,15H,5-6,8-9H2,(H2,20,21,22)/t15-/m0/s1. The Bertz CT molecular complexity index is 681. The van der Waals surface area contributed by atoms with Gasteiger partial charge in [0.15, 0.2) is 0 Å². The molecule has 1 atom stereocenters. The van der Waals surface area contributed by atoms with Gasteiger partial charge < -0.3 is 10.6 Å². The lowest BCUT2D eigenvalue weighted by Gasteiger charge is -2.26. The van der Waals surface area contributed by atoms with Gasteiger partial charge >= 0.3 is 6.03 Å². The van der Waals surface area contributed by atoms with E-state index in [9.17, 15) is 4.79 Å². The Morgan fingerprint density at radius 2 is 2.30 bits per heavy atom. The van der Waals surface area contributed by atoms with Crippen LogP contribution >= 0.6 is 23.4 Å². The van der Waals surface area contributed by atoms with Crippen LogP contribution in [0, 0.1) is 0 Å². The van der Waals surface area contributed by atoms with Crippen LogP contribution in [-0.2, 0) is 6.42 Å². The average Bonchev–Trinajstić information content (AvgIpc) is 2.56. The van der Waals surface area contributed by atoms with Gasteiger partial charge in [0, 0.05) is 34.6 Å². The fraction of sp³-hybridized carbons (Fsp3) is 0.294. The molecule has 2 aromatic rings. The van der Waals surface area contributed by atoms with Crippen LogP contribution in [0.15, 0.2) is 47.6 Å². The van der Waals surface area contributed by atoms with Crippen molar-refractivity contribution < 1.29 is 4.79 Å². The number of urea groups is 1. The molecule has 0 saturated heterocycles. The van der Waals surface area contributed by atoms with Crippen LogP contribution in [0.3, 0.4) is 0 Å². The number of thioether (sulfide) groups is 1. The summed E-state index contributed by atoms with van der Waals surface area (Å²) >= 11 is 7.89. The Balaban J connectivity index is 1.54. The lowest BCUT2D eigenvalue weighted by Crippen LogP contribution is -2.39. The van der Waals surface area contributed by atoms with Gasteiger partial charge in [-0.25, -0.2) is 4.79 Å². The molecule has 0 spiro atoms. The molecule has 0 radical (unpaired) electrons. The molecule has 4 nitrogen and oxygen atoms in total. The second-order valence-corrected chi connectivity index (χ2v) is 6.96. The highest BCUT2D eigenvalue weighted by Crippen LogP contribution is 2.37. The largest absolute Gasteiger partial charge is 0.338 e. The summed E-state index contributed by atoms with van der Waals surface area (Å²) in [6.07, 6.45) is 5.24.